The first kappa shape index (κ1) is 23.1. The Labute approximate surface area is 177 Å². The van der Waals surface area contributed by atoms with Crippen LogP contribution < -0.4 is 9.92 Å². The molecule has 158 valence electrons. The summed E-state index contributed by atoms with van der Waals surface area (Å²) < 4.78 is 59.5. The van der Waals surface area contributed by atoms with Crippen LogP contribution in [0.3, 0.4) is 0 Å². The molecule has 0 bridgehead atoms. The maximum absolute atomic E-state index is 11.2. The Bertz CT molecular complexity index is 1110. The van der Waals surface area contributed by atoms with E-state index in [1.165, 1.54) is 0 Å². The number of nitrogens with two attached hydrogens (primary N) is 1. The molecule has 0 amide bonds. The molecule has 1 unspecified atom stereocenters. The van der Waals surface area contributed by atoms with Gasteiger partial charge in [0.1, 0.15) is 12.4 Å². The number of rotatable bonds is 4. The molecule has 12 heteroatoms. The molecule has 0 spiro atoms. The van der Waals surface area contributed by atoms with Crippen molar-refractivity contribution in [2.24, 2.45) is 10.7 Å². The van der Waals surface area contributed by atoms with Gasteiger partial charge in [-0.3, -0.25) is 4.55 Å². The van der Waals surface area contributed by atoms with E-state index in [1.54, 1.807) is 24.3 Å². The van der Waals surface area contributed by atoms with Gasteiger partial charge < -0.3 is 14.7 Å². The Balaban J connectivity index is 0.000000537. The van der Waals surface area contributed by atoms with Gasteiger partial charge in [-0.1, -0.05) is 40.2 Å². The fraction of sp³-hybridized carbons (Fsp3) is 0.235. The summed E-state index contributed by atoms with van der Waals surface area (Å²) in [5, 5.41) is 0. The van der Waals surface area contributed by atoms with Gasteiger partial charge >= 0.3 is 10.1 Å². The van der Waals surface area contributed by atoms with Gasteiger partial charge in [-0.2, -0.15) is 16.8 Å². The SMILES string of the molecule is CS(=O)(=O)O.CS(=O)(=O)Oc1ccc(C2(c3cccc(Br)c3)COC(N)=N2)cc1. The highest BCUT2D eigenvalue weighted by molar-refractivity contribution is 9.10. The number of hydrogen-bond donors (Lipinski definition) is 2. The summed E-state index contributed by atoms with van der Waals surface area (Å²) in [6.45, 7) is 0.265. The van der Waals surface area contributed by atoms with E-state index < -0.39 is 25.8 Å². The Hall–Kier alpha value is -2.15. The van der Waals surface area contributed by atoms with Crippen LogP contribution in [-0.4, -0.2) is 46.5 Å². The Kier molecular flexibility index (Phi) is 6.93. The highest BCUT2D eigenvalue weighted by Gasteiger charge is 2.40. The Morgan fingerprint density at radius 1 is 1.10 bits per heavy atom. The molecule has 3 N–H and O–H groups in total. The first-order valence-electron chi connectivity index (χ1n) is 7.95. The molecule has 1 aliphatic heterocycles. The molecule has 0 saturated carbocycles. The normalized spacial score (nSPS) is 18.8. The molecule has 1 aliphatic rings. The summed E-state index contributed by atoms with van der Waals surface area (Å²) >= 11 is 3.46. The summed E-state index contributed by atoms with van der Waals surface area (Å²) in [5.74, 6) is 0.238. The van der Waals surface area contributed by atoms with Crippen LogP contribution >= 0.6 is 15.9 Å². The van der Waals surface area contributed by atoms with Crippen LogP contribution in [0.5, 0.6) is 5.75 Å². The molecule has 2 aromatic carbocycles. The Morgan fingerprint density at radius 2 is 1.69 bits per heavy atom. The van der Waals surface area contributed by atoms with Crippen LogP contribution in [0.1, 0.15) is 11.1 Å². The molecule has 29 heavy (non-hydrogen) atoms. The second kappa shape index (κ2) is 8.69. The van der Waals surface area contributed by atoms with E-state index in [-0.39, 0.29) is 18.4 Å². The first-order chi connectivity index (χ1) is 13.3. The fourth-order valence-corrected chi connectivity index (χ4v) is 3.46. The maximum Gasteiger partial charge on any atom is 0.306 e. The summed E-state index contributed by atoms with van der Waals surface area (Å²) in [6.07, 6.45) is 1.71. The minimum Gasteiger partial charge on any atom is -0.462 e. The number of ether oxygens (including phenoxy) is 1. The molecular formula is C17H19BrN2O7S2. The lowest BCUT2D eigenvalue weighted by molar-refractivity contribution is 0.278. The predicted molar refractivity (Wildman–Crippen MR) is 112 cm³/mol. The minimum atomic E-state index is -3.67. The van der Waals surface area contributed by atoms with Gasteiger partial charge in [0.05, 0.1) is 12.5 Å². The van der Waals surface area contributed by atoms with Crippen molar-refractivity contribution in [3.05, 3.63) is 64.1 Å². The van der Waals surface area contributed by atoms with Crippen molar-refractivity contribution in [2.75, 3.05) is 19.1 Å². The fourth-order valence-electron chi connectivity index (χ4n) is 2.60. The number of nitrogens with zero attached hydrogens (tertiary/aromatic N) is 1. The van der Waals surface area contributed by atoms with Crippen molar-refractivity contribution >= 4 is 42.2 Å². The molecule has 9 nitrogen and oxygen atoms in total. The van der Waals surface area contributed by atoms with Gasteiger partial charge in [-0.05, 0) is 35.4 Å². The molecule has 0 aliphatic carbocycles. The summed E-state index contributed by atoms with van der Waals surface area (Å²) in [5.41, 5.74) is 6.70. The van der Waals surface area contributed by atoms with Crippen molar-refractivity contribution in [3.8, 4) is 5.75 Å². The van der Waals surface area contributed by atoms with E-state index in [0.29, 0.717) is 6.26 Å². The average Bonchev–Trinajstić information content (AvgIpc) is 2.96. The average molecular weight is 507 g/mol. The molecular weight excluding hydrogens is 488 g/mol. The predicted octanol–water partition coefficient (Wildman–Crippen LogP) is 1.88. The second-order valence-electron chi connectivity index (χ2n) is 6.15. The van der Waals surface area contributed by atoms with Crippen LogP contribution in [0, 0.1) is 0 Å². The lowest BCUT2D eigenvalue weighted by Gasteiger charge is -2.25. The minimum absolute atomic E-state index is 0.117. The number of amidine groups is 1. The number of halogens is 1. The van der Waals surface area contributed by atoms with E-state index in [0.717, 1.165) is 21.9 Å². The molecule has 1 atom stereocenters. The lowest BCUT2D eigenvalue weighted by atomic mass is 9.84. The number of aliphatic imine (C=N–C) groups is 1. The maximum atomic E-state index is 11.2. The summed E-state index contributed by atoms with van der Waals surface area (Å²) in [6, 6.07) is 14.5. The smallest absolute Gasteiger partial charge is 0.306 e. The summed E-state index contributed by atoms with van der Waals surface area (Å²) in [4.78, 5) is 4.50. The van der Waals surface area contributed by atoms with Crippen LogP contribution in [0.4, 0.5) is 0 Å². The van der Waals surface area contributed by atoms with Crippen LogP contribution in [0.2, 0.25) is 0 Å². The zero-order valence-corrected chi connectivity index (χ0v) is 18.7. The van der Waals surface area contributed by atoms with Crippen LogP contribution in [0.15, 0.2) is 58.0 Å². The third-order valence-electron chi connectivity index (χ3n) is 3.61. The van der Waals surface area contributed by atoms with Crippen molar-refractivity contribution in [2.45, 2.75) is 5.54 Å². The lowest BCUT2D eigenvalue weighted by Crippen LogP contribution is -2.27. The second-order valence-corrected chi connectivity index (χ2v) is 10.1. The van der Waals surface area contributed by atoms with Gasteiger partial charge in [0.15, 0.2) is 5.54 Å². The van der Waals surface area contributed by atoms with Gasteiger partial charge in [0, 0.05) is 4.47 Å². The Morgan fingerprint density at radius 3 is 2.14 bits per heavy atom. The van der Waals surface area contributed by atoms with E-state index in [2.05, 4.69) is 20.9 Å². The molecule has 0 radical (unpaired) electrons. The third kappa shape index (κ3) is 6.99. The number of benzene rings is 2. The topological polar surface area (TPSA) is 145 Å². The van der Waals surface area contributed by atoms with E-state index >= 15 is 0 Å². The van der Waals surface area contributed by atoms with Crippen molar-refractivity contribution in [1.82, 2.24) is 0 Å². The van der Waals surface area contributed by atoms with Gasteiger partial charge in [-0.25, -0.2) is 4.99 Å². The quantitative estimate of drug-likeness (QED) is 0.471. The molecule has 3 rings (SSSR count). The van der Waals surface area contributed by atoms with Crippen LogP contribution in [0.25, 0.3) is 0 Å². The molecule has 0 aromatic heterocycles. The van der Waals surface area contributed by atoms with Gasteiger partial charge in [-0.15, -0.1) is 0 Å². The third-order valence-corrected chi connectivity index (χ3v) is 4.60. The highest BCUT2D eigenvalue weighted by atomic mass is 79.9. The monoisotopic (exact) mass is 506 g/mol. The van der Waals surface area contributed by atoms with E-state index in [1.807, 2.05) is 24.3 Å². The molecule has 2 aromatic rings. The summed E-state index contributed by atoms with van der Waals surface area (Å²) in [7, 11) is -7.24. The first-order valence-corrected chi connectivity index (χ1v) is 12.4. The largest absolute Gasteiger partial charge is 0.462 e. The molecule has 0 fully saturated rings. The number of hydrogen-bond acceptors (Lipinski definition) is 8. The van der Waals surface area contributed by atoms with Crippen LogP contribution in [-0.2, 0) is 30.5 Å². The van der Waals surface area contributed by atoms with Crippen molar-refractivity contribution in [3.63, 3.8) is 0 Å². The zero-order chi connectivity index (χ0) is 21.9. The zero-order valence-electron chi connectivity index (χ0n) is 15.4. The van der Waals surface area contributed by atoms with Crippen molar-refractivity contribution in [1.29, 1.82) is 0 Å². The molecule has 0 saturated heterocycles. The standard InChI is InChI=1S/C16H15BrN2O4S.CH4O3S/c1-24(20,21)23-14-7-5-11(6-8-14)16(10-22-15(18)19-16)12-3-2-4-13(17)9-12;1-5(2,3)4/h2-9H,10H2,1H3,(H2,18,19);1H3,(H,2,3,4). The van der Waals surface area contributed by atoms with Crippen molar-refractivity contribution < 1.29 is 30.3 Å². The van der Waals surface area contributed by atoms with E-state index in [4.69, 9.17) is 19.2 Å². The van der Waals surface area contributed by atoms with Gasteiger partial charge in [0.2, 0.25) is 0 Å². The van der Waals surface area contributed by atoms with E-state index in [9.17, 15) is 16.8 Å². The highest BCUT2D eigenvalue weighted by Crippen LogP contribution is 2.39. The molecule has 1 heterocycles. The van der Waals surface area contributed by atoms with Gasteiger partial charge in [0.25, 0.3) is 16.1 Å².